The third kappa shape index (κ3) is 8.28. The number of hydrogen-bond donors (Lipinski definition) is 9. The van der Waals surface area contributed by atoms with E-state index in [0.717, 1.165) is 0 Å². The average molecular weight is 358 g/mol. The molecule has 0 unspecified atom stereocenters. The van der Waals surface area contributed by atoms with Crippen molar-refractivity contribution in [3.8, 4) is 0 Å². The summed E-state index contributed by atoms with van der Waals surface area (Å²) in [7, 11) is -10.1. The van der Waals surface area contributed by atoms with Gasteiger partial charge in [-0.1, -0.05) is 0 Å². The predicted molar refractivity (Wildman–Crippen MR) is 61.2 cm³/mol. The van der Waals surface area contributed by atoms with Crippen molar-refractivity contribution < 1.29 is 63.3 Å². The number of phosphoric acid groups is 2. The molecule has 0 aromatic heterocycles. The van der Waals surface area contributed by atoms with Gasteiger partial charge >= 0.3 is 15.6 Å². The van der Waals surface area contributed by atoms with Gasteiger partial charge in [-0.2, -0.15) is 4.31 Å². The second-order valence-corrected chi connectivity index (χ2v) is 6.40. The average Bonchev–Trinajstić information content (AvgIpc) is 2.27. The standard InChI is InChI=1S/C6H12O6.H4O7P2/c7-1-2-3(8)4(9)5(10)6(11)12-2;1-8(2,3)7-9(4,5)6/h2-11H,1H2;(H2,1,2,3)(H2,4,5,6)/t2-,3-,4+,5-,6-;/m1./s1. The number of rotatable bonds is 3. The van der Waals surface area contributed by atoms with Crippen LogP contribution in [0.4, 0.5) is 0 Å². The monoisotopic (exact) mass is 358 g/mol. The Morgan fingerprint density at radius 3 is 1.57 bits per heavy atom. The second kappa shape index (κ2) is 8.04. The van der Waals surface area contributed by atoms with E-state index in [2.05, 4.69) is 9.05 Å². The molecule has 0 aliphatic carbocycles. The Balaban J connectivity index is 0.000000400. The smallest absolute Gasteiger partial charge is 0.394 e. The molecule has 13 nitrogen and oxygen atoms in total. The maximum Gasteiger partial charge on any atom is 0.478 e. The van der Waals surface area contributed by atoms with Gasteiger partial charge in [-0.25, -0.2) is 9.13 Å². The maximum atomic E-state index is 9.63. The SMILES string of the molecule is O=P(O)(O)OP(=O)(O)O.OC[C@H]1O[C@@H](O)[C@H](O)[C@@H](O)[C@@H]1O. The van der Waals surface area contributed by atoms with Crippen LogP contribution >= 0.6 is 15.6 Å². The summed E-state index contributed by atoms with van der Waals surface area (Å²) in [6, 6.07) is 0. The molecule has 0 radical (unpaired) electrons. The highest BCUT2D eigenvalue weighted by atomic mass is 31.3. The second-order valence-electron chi connectivity index (χ2n) is 3.78. The van der Waals surface area contributed by atoms with Crippen molar-refractivity contribution in [3.05, 3.63) is 0 Å². The van der Waals surface area contributed by atoms with Gasteiger partial charge < -0.3 is 49.8 Å². The summed E-state index contributed by atoms with van der Waals surface area (Å²) in [6.07, 6.45) is -7.04. The minimum Gasteiger partial charge on any atom is -0.394 e. The molecule has 128 valence electrons. The first kappa shape index (κ1) is 21.0. The van der Waals surface area contributed by atoms with Crippen LogP contribution in [0.1, 0.15) is 0 Å². The molecule has 0 aromatic carbocycles. The van der Waals surface area contributed by atoms with E-state index in [9.17, 15) is 9.13 Å². The van der Waals surface area contributed by atoms with E-state index >= 15 is 0 Å². The van der Waals surface area contributed by atoms with Crippen molar-refractivity contribution in [2.24, 2.45) is 0 Å². The minimum absolute atomic E-state index is 0.526. The van der Waals surface area contributed by atoms with Crippen molar-refractivity contribution in [1.29, 1.82) is 0 Å². The number of ether oxygens (including phenoxy) is 1. The lowest BCUT2D eigenvalue weighted by molar-refractivity contribution is -0.286. The first-order valence-electron chi connectivity index (χ1n) is 5.09. The molecule has 21 heavy (non-hydrogen) atoms. The molecule has 1 heterocycles. The van der Waals surface area contributed by atoms with E-state index in [-0.39, 0.29) is 0 Å². The van der Waals surface area contributed by atoms with Crippen LogP contribution in [-0.2, 0) is 18.2 Å². The van der Waals surface area contributed by atoms with Gasteiger partial charge in [-0.05, 0) is 0 Å². The van der Waals surface area contributed by atoms with Crippen LogP contribution in [-0.4, -0.2) is 82.4 Å². The molecule has 5 atom stereocenters. The fraction of sp³-hybridized carbons (Fsp3) is 1.00. The summed E-state index contributed by atoms with van der Waals surface area (Å²) in [5, 5.41) is 44.7. The predicted octanol–water partition coefficient (Wildman–Crippen LogP) is -4.03. The lowest BCUT2D eigenvalue weighted by atomic mass is 10.00. The fourth-order valence-electron chi connectivity index (χ4n) is 1.22. The number of aliphatic hydroxyl groups is 5. The normalized spacial score (nSPS) is 34.0. The minimum atomic E-state index is -5.05. The highest BCUT2D eigenvalue weighted by molar-refractivity contribution is 7.60. The molecule has 1 saturated heterocycles. The zero-order chi connectivity index (χ0) is 17.0. The first-order valence-corrected chi connectivity index (χ1v) is 8.15. The Morgan fingerprint density at radius 2 is 1.29 bits per heavy atom. The van der Waals surface area contributed by atoms with Crippen LogP contribution in [0.15, 0.2) is 0 Å². The first-order chi connectivity index (χ1) is 9.28. The Hall–Kier alpha value is 0.0200. The van der Waals surface area contributed by atoms with Gasteiger partial charge in [0.25, 0.3) is 0 Å². The zero-order valence-electron chi connectivity index (χ0n) is 10.1. The molecule has 0 saturated carbocycles. The van der Waals surface area contributed by atoms with E-state index in [1.165, 1.54) is 0 Å². The van der Waals surface area contributed by atoms with Crippen LogP contribution in [0.3, 0.4) is 0 Å². The Labute approximate surface area is 117 Å². The highest BCUT2D eigenvalue weighted by Gasteiger charge is 2.42. The molecule has 1 rings (SSSR count). The molecule has 0 spiro atoms. The molecule has 0 aromatic rings. The van der Waals surface area contributed by atoms with Crippen molar-refractivity contribution in [3.63, 3.8) is 0 Å². The summed E-state index contributed by atoms with van der Waals surface area (Å²) in [4.78, 5) is 31.0. The van der Waals surface area contributed by atoms with Gasteiger partial charge in [0, 0.05) is 0 Å². The van der Waals surface area contributed by atoms with E-state index in [1.807, 2.05) is 0 Å². The van der Waals surface area contributed by atoms with Crippen LogP contribution in [0.5, 0.6) is 0 Å². The van der Waals surface area contributed by atoms with Gasteiger partial charge in [0.1, 0.15) is 24.4 Å². The summed E-state index contributed by atoms with van der Waals surface area (Å²) in [6.45, 7) is -0.526. The van der Waals surface area contributed by atoms with Gasteiger partial charge in [0.2, 0.25) is 0 Å². The van der Waals surface area contributed by atoms with Crippen LogP contribution < -0.4 is 0 Å². The molecule has 0 amide bonds. The molecule has 1 aliphatic heterocycles. The molecule has 1 aliphatic rings. The zero-order valence-corrected chi connectivity index (χ0v) is 11.9. The molecule has 9 N–H and O–H groups in total. The molecular weight excluding hydrogens is 342 g/mol. The third-order valence-electron chi connectivity index (χ3n) is 2.08. The quantitative estimate of drug-likeness (QED) is 0.219. The molecule has 1 fully saturated rings. The fourth-order valence-corrected chi connectivity index (χ4v) is 2.33. The molecule has 15 heteroatoms. The maximum absolute atomic E-state index is 9.63. The number of aliphatic hydroxyl groups excluding tert-OH is 5. The number of hydrogen-bond acceptors (Lipinski definition) is 9. The van der Waals surface area contributed by atoms with Crippen LogP contribution in [0.25, 0.3) is 0 Å². The summed E-state index contributed by atoms with van der Waals surface area (Å²) < 4.78 is 26.8. The van der Waals surface area contributed by atoms with Gasteiger partial charge in [0.15, 0.2) is 6.29 Å². The Kier molecular flexibility index (Phi) is 8.04. The van der Waals surface area contributed by atoms with Gasteiger partial charge in [0.05, 0.1) is 6.61 Å². The van der Waals surface area contributed by atoms with Crippen LogP contribution in [0.2, 0.25) is 0 Å². The molecular formula is C6H16O13P2. The highest BCUT2D eigenvalue weighted by Crippen LogP contribution is 2.53. The van der Waals surface area contributed by atoms with E-state index < -0.39 is 53.0 Å². The van der Waals surface area contributed by atoms with Crippen molar-refractivity contribution in [1.82, 2.24) is 0 Å². The van der Waals surface area contributed by atoms with Crippen molar-refractivity contribution >= 4 is 15.6 Å². The molecule has 0 bridgehead atoms. The lowest BCUT2D eigenvalue weighted by Crippen LogP contribution is -2.58. The summed E-state index contributed by atoms with van der Waals surface area (Å²) in [5.74, 6) is 0. The van der Waals surface area contributed by atoms with Crippen molar-refractivity contribution in [2.45, 2.75) is 30.7 Å². The third-order valence-corrected chi connectivity index (χ3v) is 3.78. The summed E-state index contributed by atoms with van der Waals surface area (Å²) in [5.41, 5.74) is 0. The lowest BCUT2D eigenvalue weighted by Gasteiger charge is -2.37. The van der Waals surface area contributed by atoms with Gasteiger partial charge in [-0.15, -0.1) is 0 Å². The largest absolute Gasteiger partial charge is 0.478 e. The van der Waals surface area contributed by atoms with Crippen molar-refractivity contribution in [2.75, 3.05) is 6.61 Å². The Morgan fingerprint density at radius 1 is 0.857 bits per heavy atom. The summed E-state index contributed by atoms with van der Waals surface area (Å²) >= 11 is 0. The van der Waals surface area contributed by atoms with E-state index in [1.54, 1.807) is 0 Å². The Bertz CT molecular complexity index is 377. The van der Waals surface area contributed by atoms with E-state index in [4.69, 9.17) is 45.1 Å². The topological polar surface area (TPSA) is 235 Å². The van der Waals surface area contributed by atoms with Gasteiger partial charge in [-0.3, -0.25) is 0 Å². The van der Waals surface area contributed by atoms with E-state index in [0.29, 0.717) is 0 Å². The van der Waals surface area contributed by atoms with Crippen LogP contribution in [0, 0.1) is 0 Å².